The molecule has 1 heterocycles. The Hall–Kier alpha value is -2.54. The number of alkyl halides is 4. The van der Waals surface area contributed by atoms with Crippen LogP contribution < -0.4 is 10.1 Å². The number of nitrogens with one attached hydrogen (secondary N) is 2. The fourth-order valence-corrected chi connectivity index (χ4v) is 3.23. The molecule has 0 radical (unpaired) electrons. The standard InChI is InChI=1S/C22H24F4N2O/c1-21(2,18-12-28-19-9-4-3-8-17(18)19)13-27-11-15-6-5-7-16(10-15)29-14-22(25,26)20(23)24/h3-10,12,20,27-28H,11,13-14H2,1-2H3. The van der Waals surface area contributed by atoms with Gasteiger partial charge >= 0.3 is 12.3 Å². The maximum atomic E-state index is 13.0. The van der Waals surface area contributed by atoms with Gasteiger partial charge in [-0.3, -0.25) is 0 Å². The van der Waals surface area contributed by atoms with E-state index in [2.05, 4.69) is 30.2 Å². The first-order chi connectivity index (χ1) is 13.7. The van der Waals surface area contributed by atoms with Crippen molar-refractivity contribution in [1.29, 1.82) is 0 Å². The topological polar surface area (TPSA) is 37.0 Å². The summed E-state index contributed by atoms with van der Waals surface area (Å²) in [6.07, 6.45) is -1.73. The summed E-state index contributed by atoms with van der Waals surface area (Å²) in [4.78, 5) is 3.28. The Morgan fingerprint density at radius 2 is 1.83 bits per heavy atom. The highest BCUT2D eigenvalue weighted by atomic mass is 19.3. The van der Waals surface area contributed by atoms with Gasteiger partial charge in [0.1, 0.15) is 5.75 Å². The Morgan fingerprint density at radius 3 is 2.59 bits per heavy atom. The molecule has 3 nitrogen and oxygen atoms in total. The molecule has 7 heteroatoms. The molecule has 2 aromatic carbocycles. The van der Waals surface area contributed by atoms with Gasteiger partial charge in [-0.25, -0.2) is 8.78 Å². The van der Waals surface area contributed by atoms with Crippen LogP contribution in [-0.4, -0.2) is 30.5 Å². The lowest BCUT2D eigenvalue weighted by Gasteiger charge is -2.25. The van der Waals surface area contributed by atoms with E-state index in [1.165, 1.54) is 17.0 Å². The SMILES string of the molecule is CC(C)(CNCc1cccc(OCC(F)(F)C(F)F)c1)c1c[nH]c2ccccc12. The van der Waals surface area contributed by atoms with Crippen LogP contribution in [0.15, 0.2) is 54.7 Å². The van der Waals surface area contributed by atoms with Gasteiger partial charge in [0.25, 0.3) is 0 Å². The Bertz CT molecular complexity index is 953. The summed E-state index contributed by atoms with van der Waals surface area (Å²) in [6, 6.07) is 14.6. The minimum absolute atomic E-state index is 0.139. The molecule has 29 heavy (non-hydrogen) atoms. The largest absolute Gasteiger partial charge is 0.487 e. The number of para-hydroxylation sites is 1. The van der Waals surface area contributed by atoms with E-state index in [4.69, 9.17) is 4.74 Å². The molecule has 0 amide bonds. The van der Waals surface area contributed by atoms with E-state index >= 15 is 0 Å². The fraction of sp³-hybridized carbons (Fsp3) is 0.364. The van der Waals surface area contributed by atoms with Crippen LogP contribution in [0.3, 0.4) is 0 Å². The van der Waals surface area contributed by atoms with Crippen molar-refractivity contribution >= 4 is 10.9 Å². The van der Waals surface area contributed by atoms with Gasteiger partial charge in [-0.15, -0.1) is 0 Å². The highest BCUT2D eigenvalue weighted by molar-refractivity contribution is 5.84. The van der Waals surface area contributed by atoms with E-state index in [9.17, 15) is 17.6 Å². The Balaban J connectivity index is 1.59. The van der Waals surface area contributed by atoms with Crippen molar-refractivity contribution < 1.29 is 22.3 Å². The zero-order valence-electron chi connectivity index (χ0n) is 16.3. The quantitative estimate of drug-likeness (QED) is 0.458. The van der Waals surface area contributed by atoms with E-state index in [0.29, 0.717) is 13.1 Å². The number of fused-ring (bicyclic) bond motifs is 1. The van der Waals surface area contributed by atoms with Gasteiger partial charge in [-0.05, 0) is 29.3 Å². The number of H-pyrrole nitrogens is 1. The molecule has 0 unspecified atom stereocenters. The predicted molar refractivity (Wildman–Crippen MR) is 106 cm³/mol. The van der Waals surface area contributed by atoms with Crippen LogP contribution in [0.1, 0.15) is 25.0 Å². The molecular formula is C22H24F4N2O. The van der Waals surface area contributed by atoms with Gasteiger partial charge in [0.2, 0.25) is 0 Å². The smallest absolute Gasteiger partial charge is 0.340 e. The summed E-state index contributed by atoms with van der Waals surface area (Å²) < 4.78 is 55.4. The van der Waals surface area contributed by atoms with E-state index in [-0.39, 0.29) is 11.2 Å². The van der Waals surface area contributed by atoms with Gasteiger partial charge in [-0.1, -0.05) is 44.2 Å². The molecule has 156 valence electrons. The third kappa shape index (κ3) is 5.09. The van der Waals surface area contributed by atoms with Crippen molar-refractivity contribution in [1.82, 2.24) is 10.3 Å². The second kappa shape index (κ2) is 8.45. The van der Waals surface area contributed by atoms with E-state index in [1.807, 2.05) is 30.5 Å². The van der Waals surface area contributed by atoms with Crippen molar-refractivity contribution in [2.75, 3.05) is 13.2 Å². The zero-order valence-corrected chi connectivity index (χ0v) is 16.3. The second-order valence-electron chi connectivity index (χ2n) is 7.73. The lowest BCUT2D eigenvalue weighted by atomic mass is 9.84. The summed E-state index contributed by atoms with van der Waals surface area (Å²) in [5.74, 6) is -4.03. The summed E-state index contributed by atoms with van der Waals surface area (Å²) in [5, 5.41) is 4.55. The van der Waals surface area contributed by atoms with Crippen LogP contribution in [-0.2, 0) is 12.0 Å². The summed E-state index contributed by atoms with van der Waals surface area (Å²) >= 11 is 0. The van der Waals surface area contributed by atoms with Crippen molar-refractivity contribution in [3.8, 4) is 5.75 Å². The lowest BCUT2D eigenvalue weighted by molar-refractivity contribution is -0.148. The molecule has 0 saturated carbocycles. The van der Waals surface area contributed by atoms with Crippen molar-refractivity contribution in [3.05, 3.63) is 65.9 Å². The monoisotopic (exact) mass is 408 g/mol. The maximum Gasteiger partial charge on any atom is 0.340 e. The van der Waals surface area contributed by atoms with Crippen molar-refractivity contribution in [2.24, 2.45) is 0 Å². The number of hydrogen-bond donors (Lipinski definition) is 2. The highest BCUT2D eigenvalue weighted by Crippen LogP contribution is 2.30. The third-order valence-electron chi connectivity index (χ3n) is 4.86. The Kier molecular flexibility index (Phi) is 6.17. The first-order valence-corrected chi connectivity index (χ1v) is 9.34. The molecule has 0 saturated heterocycles. The fourth-order valence-electron chi connectivity index (χ4n) is 3.23. The Labute approximate surface area is 167 Å². The number of aromatic amines is 1. The number of hydrogen-bond acceptors (Lipinski definition) is 2. The molecule has 0 aliphatic heterocycles. The average molecular weight is 408 g/mol. The number of halogens is 4. The molecule has 3 aromatic rings. The van der Waals surface area contributed by atoms with Crippen LogP contribution in [0.25, 0.3) is 10.9 Å². The molecular weight excluding hydrogens is 384 g/mol. The summed E-state index contributed by atoms with van der Waals surface area (Å²) in [7, 11) is 0. The van der Waals surface area contributed by atoms with Gasteiger partial charge in [0, 0.05) is 35.6 Å². The third-order valence-corrected chi connectivity index (χ3v) is 4.86. The first-order valence-electron chi connectivity index (χ1n) is 9.34. The molecule has 1 aromatic heterocycles. The van der Waals surface area contributed by atoms with Crippen LogP contribution in [0.5, 0.6) is 5.75 Å². The summed E-state index contributed by atoms with van der Waals surface area (Å²) in [5.41, 5.74) is 2.96. The summed E-state index contributed by atoms with van der Waals surface area (Å²) in [6.45, 7) is 4.11. The van der Waals surface area contributed by atoms with E-state index in [1.54, 1.807) is 12.1 Å². The van der Waals surface area contributed by atoms with Crippen molar-refractivity contribution in [3.63, 3.8) is 0 Å². The highest BCUT2D eigenvalue weighted by Gasteiger charge is 2.41. The van der Waals surface area contributed by atoms with Crippen LogP contribution in [0.4, 0.5) is 17.6 Å². The van der Waals surface area contributed by atoms with Crippen molar-refractivity contribution in [2.45, 2.75) is 38.2 Å². The number of benzene rings is 2. The number of ether oxygens (including phenoxy) is 1. The molecule has 0 aliphatic rings. The van der Waals surface area contributed by atoms with Gasteiger partial charge in [0.15, 0.2) is 6.61 Å². The molecule has 3 rings (SSSR count). The maximum absolute atomic E-state index is 13.0. The molecule has 0 bridgehead atoms. The molecule has 0 fully saturated rings. The minimum atomic E-state index is -4.17. The molecule has 0 atom stereocenters. The first kappa shape index (κ1) is 21.2. The Morgan fingerprint density at radius 1 is 1.07 bits per heavy atom. The van der Waals surface area contributed by atoms with Gasteiger partial charge < -0.3 is 15.0 Å². The average Bonchev–Trinajstić information content (AvgIpc) is 3.12. The van der Waals surface area contributed by atoms with Crippen LogP contribution in [0.2, 0.25) is 0 Å². The van der Waals surface area contributed by atoms with Gasteiger partial charge in [-0.2, -0.15) is 8.78 Å². The van der Waals surface area contributed by atoms with Gasteiger partial charge in [0.05, 0.1) is 0 Å². The second-order valence-corrected chi connectivity index (χ2v) is 7.73. The normalized spacial score (nSPS) is 12.7. The van der Waals surface area contributed by atoms with Crippen LogP contribution in [0, 0.1) is 0 Å². The van der Waals surface area contributed by atoms with Crippen LogP contribution >= 0.6 is 0 Å². The van der Waals surface area contributed by atoms with E-state index in [0.717, 1.165) is 11.1 Å². The lowest BCUT2D eigenvalue weighted by Crippen LogP contribution is -2.33. The molecule has 0 aliphatic carbocycles. The predicted octanol–water partition coefficient (Wildman–Crippen LogP) is 5.51. The van der Waals surface area contributed by atoms with E-state index < -0.39 is 19.0 Å². The zero-order chi connectivity index (χ0) is 21.1. The molecule has 2 N–H and O–H groups in total. The minimum Gasteiger partial charge on any atom is -0.487 e. The number of aromatic nitrogens is 1. The number of rotatable bonds is 9. The molecule has 0 spiro atoms.